The second-order valence-corrected chi connectivity index (χ2v) is 12.5. The molecule has 0 spiro atoms. The number of hydrogen-bond acceptors (Lipinski definition) is 11. The van der Waals surface area contributed by atoms with E-state index in [1.807, 2.05) is 24.4 Å². The van der Waals surface area contributed by atoms with Crippen LogP contribution in [-0.2, 0) is 15.1 Å². The van der Waals surface area contributed by atoms with Crippen molar-refractivity contribution in [3.8, 4) is 17.3 Å². The first-order chi connectivity index (χ1) is 21.0. The SMILES string of the molecule is Cc1cnc(N[C@H]2CC[C@H](N[C@H](C)COC3(c4nn[nH]n4)CC3)CC2)cc1-c1cccc(NCC2(C#N)CCOCC2)n1. The molecule has 6 rings (SSSR count). The molecule has 12 nitrogen and oxygen atoms in total. The summed E-state index contributed by atoms with van der Waals surface area (Å²) in [5, 5.41) is 35.1. The molecule has 3 aliphatic rings. The van der Waals surface area contributed by atoms with Gasteiger partial charge in [-0.25, -0.2) is 9.97 Å². The van der Waals surface area contributed by atoms with Crippen molar-refractivity contribution < 1.29 is 9.47 Å². The van der Waals surface area contributed by atoms with E-state index in [1.165, 1.54) is 0 Å². The quantitative estimate of drug-likeness (QED) is 0.242. The third kappa shape index (κ3) is 7.12. The van der Waals surface area contributed by atoms with Crippen LogP contribution in [0.25, 0.3) is 11.3 Å². The Morgan fingerprint density at radius 1 is 1.12 bits per heavy atom. The minimum atomic E-state index is -0.407. The van der Waals surface area contributed by atoms with Gasteiger partial charge in [-0.2, -0.15) is 10.5 Å². The largest absolute Gasteiger partial charge is 0.381 e. The predicted octanol–water partition coefficient (Wildman–Crippen LogP) is 4.10. The third-order valence-electron chi connectivity index (χ3n) is 9.09. The number of rotatable bonds is 12. The van der Waals surface area contributed by atoms with Crippen molar-refractivity contribution in [3.63, 3.8) is 0 Å². The highest BCUT2D eigenvalue weighted by atomic mass is 16.5. The molecule has 12 heteroatoms. The van der Waals surface area contributed by atoms with E-state index < -0.39 is 5.41 Å². The number of H-pyrrole nitrogens is 1. The average molecular weight is 587 g/mol. The number of pyridine rings is 2. The summed E-state index contributed by atoms with van der Waals surface area (Å²) in [5.74, 6) is 2.32. The minimum Gasteiger partial charge on any atom is -0.381 e. The van der Waals surface area contributed by atoms with Gasteiger partial charge in [-0.1, -0.05) is 11.3 Å². The number of anilines is 2. The van der Waals surface area contributed by atoms with Crippen LogP contribution in [0.1, 0.15) is 69.7 Å². The Hall–Kier alpha value is -3.66. The van der Waals surface area contributed by atoms with Gasteiger partial charge in [0.25, 0.3) is 0 Å². The Bertz CT molecular complexity index is 1390. The summed E-state index contributed by atoms with van der Waals surface area (Å²) in [7, 11) is 0. The molecule has 1 aliphatic heterocycles. The Labute approximate surface area is 252 Å². The van der Waals surface area contributed by atoms with Crippen LogP contribution in [0.5, 0.6) is 0 Å². The van der Waals surface area contributed by atoms with Gasteiger partial charge in [0.1, 0.15) is 17.2 Å². The van der Waals surface area contributed by atoms with E-state index in [1.54, 1.807) is 0 Å². The van der Waals surface area contributed by atoms with E-state index in [9.17, 15) is 5.26 Å². The lowest BCUT2D eigenvalue weighted by Crippen LogP contribution is -2.43. The Balaban J connectivity index is 0.994. The molecule has 1 atom stereocenters. The number of nitriles is 1. The van der Waals surface area contributed by atoms with Crippen LogP contribution >= 0.6 is 0 Å². The zero-order valence-corrected chi connectivity index (χ0v) is 25.1. The van der Waals surface area contributed by atoms with E-state index in [0.717, 1.165) is 79.8 Å². The second kappa shape index (κ2) is 12.9. The minimum absolute atomic E-state index is 0.250. The monoisotopic (exact) mass is 586 g/mol. The molecule has 228 valence electrons. The van der Waals surface area contributed by atoms with Crippen LogP contribution in [0.15, 0.2) is 30.5 Å². The van der Waals surface area contributed by atoms with Gasteiger partial charge in [-0.15, -0.1) is 10.2 Å². The lowest BCUT2D eigenvalue weighted by Gasteiger charge is -2.32. The molecular weight excluding hydrogens is 544 g/mol. The molecule has 2 saturated carbocycles. The van der Waals surface area contributed by atoms with Crippen molar-refractivity contribution in [1.82, 2.24) is 35.9 Å². The predicted molar refractivity (Wildman–Crippen MR) is 162 cm³/mol. The summed E-state index contributed by atoms with van der Waals surface area (Å²) >= 11 is 0. The summed E-state index contributed by atoms with van der Waals surface area (Å²) < 4.78 is 11.7. The summed E-state index contributed by atoms with van der Waals surface area (Å²) in [6.45, 7) is 6.70. The number of nitrogens with zero attached hydrogens (tertiary/aromatic N) is 6. The summed E-state index contributed by atoms with van der Waals surface area (Å²) in [6.07, 6.45) is 9.64. The van der Waals surface area contributed by atoms with Gasteiger partial charge in [0.2, 0.25) is 5.82 Å². The Morgan fingerprint density at radius 2 is 1.91 bits per heavy atom. The van der Waals surface area contributed by atoms with Gasteiger partial charge in [-0.05, 0) is 89.0 Å². The van der Waals surface area contributed by atoms with E-state index >= 15 is 0 Å². The van der Waals surface area contributed by atoms with Crippen LogP contribution in [0.2, 0.25) is 0 Å². The van der Waals surface area contributed by atoms with Gasteiger partial charge in [-0.3, -0.25) is 0 Å². The fourth-order valence-electron chi connectivity index (χ4n) is 6.16. The maximum atomic E-state index is 9.79. The zero-order chi connectivity index (χ0) is 29.7. The first-order valence-electron chi connectivity index (χ1n) is 15.5. The number of tetrazole rings is 1. The summed E-state index contributed by atoms with van der Waals surface area (Å²) in [5.41, 5.74) is 2.27. The molecule has 0 amide bonds. The van der Waals surface area contributed by atoms with Crippen molar-refractivity contribution in [1.29, 1.82) is 5.26 Å². The highest BCUT2D eigenvalue weighted by Gasteiger charge is 2.50. The van der Waals surface area contributed by atoms with E-state index in [2.05, 4.69) is 67.5 Å². The lowest BCUT2D eigenvalue weighted by atomic mass is 9.82. The number of ether oxygens (including phenoxy) is 2. The standard InChI is InChI=1S/C31H42N10O2/c1-21-17-33-28(16-25(21)26-4-3-5-27(37-26)34-20-30(19-32)12-14-42-15-13-30)36-24-8-6-23(7-9-24)35-22(2)18-43-31(10-11-31)29-38-40-41-39-29/h3-5,16-17,22-24,35H,6-15,18,20H2,1-2H3,(H,33,36)(H,34,37)(H,38,39,40,41)/t22-,23-,24-/m1/s1. The molecular formula is C31H42N10O2. The third-order valence-corrected chi connectivity index (χ3v) is 9.09. The van der Waals surface area contributed by atoms with Gasteiger partial charge < -0.3 is 25.4 Å². The number of hydrogen-bond donors (Lipinski definition) is 4. The van der Waals surface area contributed by atoms with Crippen LogP contribution in [0.3, 0.4) is 0 Å². The molecule has 1 saturated heterocycles. The molecule has 0 radical (unpaired) electrons. The topological polar surface area (TPSA) is 159 Å². The number of aromatic nitrogens is 6. The first-order valence-corrected chi connectivity index (χ1v) is 15.5. The normalized spacial score (nSPS) is 23.2. The molecule has 3 fully saturated rings. The van der Waals surface area contributed by atoms with Crippen LogP contribution in [-0.4, -0.2) is 75.1 Å². The van der Waals surface area contributed by atoms with Crippen molar-refractivity contribution in [2.24, 2.45) is 5.41 Å². The molecule has 2 aliphatic carbocycles. The molecule has 0 unspecified atom stereocenters. The smallest absolute Gasteiger partial charge is 0.206 e. The molecule has 0 aromatic carbocycles. The van der Waals surface area contributed by atoms with Gasteiger partial charge in [0.05, 0.1) is 23.8 Å². The summed E-state index contributed by atoms with van der Waals surface area (Å²) in [6, 6.07) is 11.7. The first kappa shape index (κ1) is 29.4. The maximum Gasteiger partial charge on any atom is 0.206 e. The summed E-state index contributed by atoms with van der Waals surface area (Å²) in [4.78, 5) is 9.58. The fourth-order valence-corrected chi connectivity index (χ4v) is 6.16. The molecule has 4 heterocycles. The van der Waals surface area contributed by atoms with Crippen LogP contribution in [0.4, 0.5) is 11.6 Å². The number of nitrogens with one attached hydrogen (secondary N) is 4. The maximum absolute atomic E-state index is 9.79. The molecule has 43 heavy (non-hydrogen) atoms. The number of aromatic amines is 1. The molecule has 3 aromatic rings. The Morgan fingerprint density at radius 3 is 2.63 bits per heavy atom. The molecule has 4 N–H and O–H groups in total. The van der Waals surface area contributed by atoms with E-state index in [-0.39, 0.29) is 11.6 Å². The van der Waals surface area contributed by atoms with Crippen molar-refractivity contribution >= 4 is 11.6 Å². The van der Waals surface area contributed by atoms with E-state index in [0.29, 0.717) is 44.3 Å². The number of aryl methyl sites for hydroxylation is 1. The zero-order valence-electron chi connectivity index (χ0n) is 25.1. The molecule has 0 bridgehead atoms. The van der Waals surface area contributed by atoms with Gasteiger partial charge in [0.15, 0.2) is 0 Å². The van der Waals surface area contributed by atoms with Gasteiger partial charge in [0, 0.05) is 49.6 Å². The van der Waals surface area contributed by atoms with Crippen LogP contribution in [0, 0.1) is 23.7 Å². The van der Waals surface area contributed by atoms with Crippen molar-refractivity contribution in [3.05, 3.63) is 41.9 Å². The second-order valence-electron chi connectivity index (χ2n) is 12.5. The van der Waals surface area contributed by atoms with Gasteiger partial charge >= 0.3 is 0 Å². The van der Waals surface area contributed by atoms with Crippen LogP contribution < -0.4 is 16.0 Å². The van der Waals surface area contributed by atoms with Crippen molar-refractivity contribution in [2.75, 3.05) is 37.0 Å². The highest BCUT2D eigenvalue weighted by Crippen LogP contribution is 2.47. The average Bonchev–Trinajstić information content (AvgIpc) is 3.62. The fraction of sp³-hybridized carbons (Fsp3) is 0.613. The van der Waals surface area contributed by atoms with E-state index in [4.69, 9.17) is 14.5 Å². The lowest BCUT2D eigenvalue weighted by molar-refractivity contribution is 0.0105. The molecule has 3 aromatic heterocycles. The van der Waals surface area contributed by atoms with Crippen molar-refractivity contribution in [2.45, 2.75) is 88.9 Å². The Kier molecular flexibility index (Phi) is 8.83. The highest BCUT2D eigenvalue weighted by molar-refractivity contribution is 5.68.